The minimum atomic E-state index is -0.160. The van der Waals surface area contributed by atoms with Crippen LogP contribution < -0.4 is 5.73 Å². The van der Waals surface area contributed by atoms with Crippen LogP contribution in [0.2, 0.25) is 0 Å². The molecule has 0 radical (unpaired) electrons. The van der Waals surface area contributed by atoms with Crippen LogP contribution in [0.15, 0.2) is 4.52 Å². The summed E-state index contributed by atoms with van der Waals surface area (Å²) in [6.45, 7) is 9.26. The van der Waals surface area contributed by atoms with Gasteiger partial charge in [0, 0.05) is 13.0 Å². The van der Waals surface area contributed by atoms with E-state index in [-0.39, 0.29) is 6.04 Å². The SMILES string of the molecule is CCCCCCCc1nc(C(N)CN(CC)CC)no1. The topological polar surface area (TPSA) is 68.2 Å². The molecule has 0 spiro atoms. The molecule has 0 amide bonds. The smallest absolute Gasteiger partial charge is 0.226 e. The van der Waals surface area contributed by atoms with Gasteiger partial charge in [-0.2, -0.15) is 4.98 Å². The second-order valence-corrected chi connectivity index (χ2v) is 5.30. The van der Waals surface area contributed by atoms with Crippen LogP contribution in [0.25, 0.3) is 0 Å². The predicted molar refractivity (Wildman–Crippen MR) is 81.5 cm³/mol. The Morgan fingerprint density at radius 3 is 2.45 bits per heavy atom. The Hall–Kier alpha value is -0.940. The van der Waals surface area contributed by atoms with Crippen LogP contribution in [0.4, 0.5) is 0 Å². The highest BCUT2D eigenvalue weighted by atomic mass is 16.5. The number of unbranched alkanes of at least 4 members (excludes halogenated alkanes) is 4. The summed E-state index contributed by atoms with van der Waals surface area (Å²) < 4.78 is 5.28. The molecule has 116 valence electrons. The number of nitrogens with zero attached hydrogens (tertiary/aromatic N) is 3. The fourth-order valence-corrected chi connectivity index (χ4v) is 2.24. The van der Waals surface area contributed by atoms with E-state index in [1.54, 1.807) is 0 Å². The van der Waals surface area contributed by atoms with Crippen molar-refractivity contribution in [2.45, 2.75) is 65.3 Å². The van der Waals surface area contributed by atoms with E-state index in [2.05, 4.69) is 35.8 Å². The summed E-state index contributed by atoms with van der Waals surface area (Å²) in [5.41, 5.74) is 6.13. The van der Waals surface area contributed by atoms with E-state index in [1.807, 2.05) is 0 Å². The monoisotopic (exact) mass is 282 g/mol. The molecule has 1 unspecified atom stereocenters. The van der Waals surface area contributed by atoms with Crippen LogP contribution in [0.1, 0.15) is 70.6 Å². The zero-order valence-electron chi connectivity index (χ0n) is 13.3. The van der Waals surface area contributed by atoms with E-state index < -0.39 is 0 Å². The second-order valence-electron chi connectivity index (χ2n) is 5.30. The molecule has 0 saturated heterocycles. The quantitative estimate of drug-likeness (QED) is 0.632. The van der Waals surface area contributed by atoms with Crippen molar-refractivity contribution in [1.29, 1.82) is 0 Å². The maximum absolute atomic E-state index is 6.13. The summed E-state index contributed by atoms with van der Waals surface area (Å²) in [6.07, 6.45) is 7.09. The molecule has 1 aromatic heterocycles. The third-order valence-electron chi connectivity index (χ3n) is 3.66. The van der Waals surface area contributed by atoms with Gasteiger partial charge in [-0.1, -0.05) is 51.6 Å². The molecule has 1 heterocycles. The van der Waals surface area contributed by atoms with Crippen LogP contribution >= 0.6 is 0 Å². The molecule has 1 atom stereocenters. The number of nitrogens with two attached hydrogens (primary N) is 1. The van der Waals surface area contributed by atoms with Gasteiger partial charge in [0.15, 0.2) is 5.82 Å². The van der Waals surface area contributed by atoms with E-state index in [4.69, 9.17) is 10.3 Å². The molecule has 1 rings (SSSR count). The van der Waals surface area contributed by atoms with Crippen molar-refractivity contribution in [3.8, 4) is 0 Å². The molecule has 0 aliphatic heterocycles. The molecule has 1 aromatic rings. The van der Waals surface area contributed by atoms with Gasteiger partial charge in [-0.05, 0) is 19.5 Å². The lowest BCUT2D eigenvalue weighted by atomic mass is 10.1. The molecular formula is C15H30N4O. The van der Waals surface area contributed by atoms with Crippen LogP contribution in [0.5, 0.6) is 0 Å². The third kappa shape index (κ3) is 6.01. The van der Waals surface area contributed by atoms with Crippen LogP contribution in [-0.2, 0) is 6.42 Å². The molecule has 0 bridgehead atoms. The Morgan fingerprint density at radius 2 is 1.80 bits per heavy atom. The van der Waals surface area contributed by atoms with Crippen molar-refractivity contribution in [2.24, 2.45) is 5.73 Å². The van der Waals surface area contributed by atoms with E-state index in [1.165, 1.54) is 25.7 Å². The van der Waals surface area contributed by atoms with E-state index in [0.29, 0.717) is 5.82 Å². The number of hydrogen-bond acceptors (Lipinski definition) is 5. The fourth-order valence-electron chi connectivity index (χ4n) is 2.24. The molecule has 0 aliphatic carbocycles. The van der Waals surface area contributed by atoms with Crippen LogP contribution in [-0.4, -0.2) is 34.7 Å². The highest BCUT2D eigenvalue weighted by Crippen LogP contribution is 2.11. The van der Waals surface area contributed by atoms with Gasteiger partial charge in [0.25, 0.3) is 0 Å². The molecule has 2 N–H and O–H groups in total. The molecule has 0 aromatic carbocycles. The molecule has 20 heavy (non-hydrogen) atoms. The highest BCUT2D eigenvalue weighted by Gasteiger charge is 2.16. The van der Waals surface area contributed by atoms with Gasteiger partial charge >= 0.3 is 0 Å². The molecule has 0 fully saturated rings. The third-order valence-corrected chi connectivity index (χ3v) is 3.66. The standard InChI is InChI=1S/C15H30N4O/c1-4-7-8-9-10-11-14-17-15(18-20-14)13(16)12-19(5-2)6-3/h13H,4-12,16H2,1-3H3. The van der Waals surface area contributed by atoms with Crippen molar-refractivity contribution < 1.29 is 4.52 Å². The molecule has 0 saturated carbocycles. The Bertz CT molecular complexity index is 349. The number of likely N-dealkylation sites (N-methyl/N-ethyl adjacent to an activating group) is 1. The second kappa shape index (κ2) is 9.88. The maximum atomic E-state index is 6.13. The highest BCUT2D eigenvalue weighted by molar-refractivity contribution is 4.94. The van der Waals surface area contributed by atoms with E-state index >= 15 is 0 Å². The Labute approximate surface area is 122 Å². The summed E-state index contributed by atoms with van der Waals surface area (Å²) in [4.78, 5) is 6.69. The number of rotatable bonds is 11. The summed E-state index contributed by atoms with van der Waals surface area (Å²) >= 11 is 0. The van der Waals surface area contributed by atoms with Gasteiger partial charge in [-0.25, -0.2) is 0 Å². The number of aryl methyl sites for hydroxylation is 1. The van der Waals surface area contributed by atoms with Gasteiger partial charge in [-0.15, -0.1) is 0 Å². The average Bonchev–Trinajstić information content (AvgIpc) is 2.93. The first-order chi connectivity index (χ1) is 9.71. The Balaban J connectivity index is 2.34. The molecule has 0 aliphatic rings. The largest absolute Gasteiger partial charge is 0.339 e. The van der Waals surface area contributed by atoms with Gasteiger partial charge in [0.05, 0.1) is 6.04 Å². The number of hydrogen-bond donors (Lipinski definition) is 1. The van der Waals surface area contributed by atoms with Gasteiger partial charge in [0.2, 0.25) is 5.89 Å². The predicted octanol–water partition coefficient (Wildman–Crippen LogP) is 2.92. The lowest BCUT2D eigenvalue weighted by molar-refractivity contribution is 0.277. The van der Waals surface area contributed by atoms with Crippen molar-refractivity contribution in [2.75, 3.05) is 19.6 Å². The van der Waals surface area contributed by atoms with Crippen LogP contribution in [0, 0.1) is 0 Å². The summed E-state index contributed by atoms with van der Waals surface area (Å²) in [5, 5.41) is 4.02. The Morgan fingerprint density at radius 1 is 1.10 bits per heavy atom. The first-order valence-corrected chi connectivity index (χ1v) is 8.01. The Kier molecular flexibility index (Phi) is 8.46. The fraction of sp³-hybridized carbons (Fsp3) is 0.867. The van der Waals surface area contributed by atoms with E-state index in [9.17, 15) is 0 Å². The zero-order chi connectivity index (χ0) is 14.8. The molecular weight excluding hydrogens is 252 g/mol. The summed E-state index contributed by atoms with van der Waals surface area (Å²) in [6, 6.07) is -0.160. The minimum absolute atomic E-state index is 0.160. The lowest BCUT2D eigenvalue weighted by Gasteiger charge is -2.20. The first kappa shape index (κ1) is 17.1. The lowest BCUT2D eigenvalue weighted by Crippen LogP contribution is -2.32. The van der Waals surface area contributed by atoms with Gasteiger partial charge < -0.3 is 15.2 Å². The van der Waals surface area contributed by atoms with E-state index in [0.717, 1.165) is 38.4 Å². The first-order valence-electron chi connectivity index (χ1n) is 8.01. The molecule has 5 nitrogen and oxygen atoms in total. The summed E-state index contributed by atoms with van der Waals surface area (Å²) in [7, 11) is 0. The van der Waals surface area contributed by atoms with Gasteiger partial charge in [-0.3, -0.25) is 0 Å². The van der Waals surface area contributed by atoms with Crippen molar-refractivity contribution in [3.05, 3.63) is 11.7 Å². The maximum Gasteiger partial charge on any atom is 0.226 e. The van der Waals surface area contributed by atoms with Crippen molar-refractivity contribution in [3.63, 3.8) is 0 Å². The molecule has 5 heteroatoms. The van der Waals surface area contributed by atoms with Crippen molar-refractivity contribution >= 4 is 0 Å². The van der Waals surface area contributed by atoms with Gasteiger partial charge in [0.1, 0.15) is 0 Å². The average molecular weight is 282 g/mol. The zero-order valence-corrected chi connectivity index (χ0v) is 13.3. The van der Waals surface area contributed by atoms with Crippen molar-refractivity contribution in [1.82, 2.24) is 15.0 Å². The normalized spacial score (nSPS) is 13.1. The van der Waals surface area contributed by atoms with Crippen LogP contribution in [0.3, 0.4) is 0 Å². The minimum Gasteiger partial charge on any atom is -0.339 e. The summed E-state index contributed by atoms with van der Waals surface area (Å²) in [5.74, 6) is 1.37. The number of aromatic nitrogens is 2.